The van der Waals surface area contributed by atoms with Gasteiger partial charge >= 0.3 is 0 Å². The Hall–Kier alpha value is -1.64. The second kappa shape index (κ2) is 4.80. The van der Waals surface area contributed by atoms with Crippen molar-refractivity contribution in [1.29, 1.82) is 0 Å². The number of aryl methyl sites for hydroxylation is 1. The number of benzene rings is 1. The molecule has 2 atom stereocenters. The van der Waals surface area contributed by atoms with Gasteiger partial charge in [-0.3, -0.25) is 14.9 Å². The minimum Gasteiger partial charge on any atom is -0.296 e. The maximum atomic E-state index is 12.3. The molecule has 3 rings (SSSR count). The zero-order valence-electron chi connectivity index (χ0n) is 11.2. The molecule has 3 heteroatoms. The van der Waals surface area contributed by atoms with Gasteiger partial charge in [-0.05, 0) is 29.9 Å². The Morgan fingerprint density at radius 2 is 1.89 bits per heavy atom. The lowest BCUT2D eigenvalue weighted by molar-refractivity contribution is -0.138. The third-order valence-electron chi connectivity index (χ3n) is 4.67. The number of piperidine rings is 1. The Morgan fingerprint density at radius 3 is 2.53 bits per heavy atom. The second-order valence-electron chi connectivity index (χ2n) is 5.81. The third kappa shape index (κ3) is 2.18. The van der Waals surface area contributed by atoms with Gasteiger partial charge in [-0.15, -0.1) is 0 Å². The van der Waals surface area contributed by atoms with Crippen LogP contribution in [-0.4, -0.2) is 11.8 Å². The molecule has 1 heterocycles. The Labute approximate surface area is 113 Å². The van der Waals surface area contributed by atoms with Crippen molar-refractivity contribution < 1.29 is 9.59 Å². The van der Waals surface area contributed by atoms with Gasteiger partial charge < -0.3 is 0 Å². The number of hydrogen-bond donors (Lipinski definition) is 1. The van der Waals surface area contributed by atoms with Crippen LogP contribution in [0.25, 0.3) is 0 Å². The average Bonchev–Trinajstić information content (AvgIpc) is 2.28. The van der Waals surface area contributed by atoms with Crippen LogP contribution in [0.15, 0.2) is 24.3 Å². The van der Waals surface area contributed by atoms with Crippen LogP contribution >= 0.6 is 0 Å². The molecule has 2 fully saturated rings. The van der Waals surface area contributed by atoms with E-state index in [1.54, 1.807) is 0 Å². The van der Waals surface area contributed by atoms with Gasteiger partial charge in [0.15, 0.2) is 0 Å². The molecule has 1 aromatic rings. The van der Waals surface area contributed by atoms with E-state index in [0.29, 0.717) is 12.3 Å². The summed E-state index contributed by atoms with van der Waals surface area (Å²) >= 11 is 0. The minimum atomic E-state index is -0.149. The summed E-state index contributed by atoms with van der Waals surface area (Å²) in [4.78, 5) is 23.9. The van der Waals surface area contributed by atoms with E-state index in [-0.39, 0.29) is 23.7 Å². The van der Waals surface area contributed by atoms with Crippen molar-refractivity contribution in [3.8, 4) is 0 Å². The van der Waals surface area contributed by atoms with Crippen LogP contribution < -0.4 is 5.32 Å². The molecular weight excluding hydrogens is 238 g/mol. The first-order valence-electron chi connectivity index (χ1n) is 7.06. The molecule has 1 saturated carbocycles. The van der Waals surface area contributed by atoms with Crippen LogP contribution in [0, 0.1) is 18.8 Å². The molecule has 2 amide bonds. The van der Waals surface area contributed by atoms with E-state index in [1.807, 2.05) is 31.2 Å². The van der Waals surface area contributed by atoms with Gasteiger partial charge in [0.2, 0.25) is 11.8 Å². The monoisotopic (exact) mass is 257 g/mol. The summed E-state index contributed by atoms with van der Waals surface area (Å²) in [6.45, 7) is 2.04. The normalized spacial score (nSPS) is 27.8. The van der Waals surface area contributed by atoms with Gasteiger partial charge in [0.05, 0.1) is 5.92 Å². The van der Waals surface area contributed by atoms with Crippen LogP contribution in [0.3, 0.4) is 0 Å². The minimum absolute atomic E-state index is 0.105. The Balaban J connectivity index is 1.97. The Bertz CT molecular complexity index is 519. The fourth-order valence-corrected chi connectivity index (χ4v) is 3.41. The van der Waals surface area contributed by atoms with Gasteiger partial charge in [-0.25, -0.2) is 0 Å². The average molecular weight is 257 g/mol. The van der Waals surface area contributed by atoms with Gasteiger partial charge in [-0.2, -0.15) is 0 Å². The van der Waals surface area contributed by atoms with E-state index in [4.69, 9.17) is 0 Å². The Kier molecular flexibility index (Phi) is 3.13. The van der Waals surface area contributed by atoms with Crippen LogP contribution in [0.4, 0.5) is 0 Å². The summed E-state index contributed by atoms with van der Waals surface area (Å²) in [6, 6.07) is 8.03. The molecule has 1 N–H and O–H groups in total. The van der Waals surface area contributed by atoms with Gasteiger partial charge in [0.1, 0.15) is 0 Å². The predicted octanol–water partition coefficient (Wildman–Crippen LogP) is 2.54. The molecule has 0 bridgehead atoms. The molecule has 1 aliphatic heterocycles. The van der Waals surface area contributed by atoms with Crippen molar-refractivity contribution in [2.24, 2.45) is 11.8 Å². The first-order chi connectivity index (χ1) is 9.16. The topological polar surface area (TPSA) is 46.2 Å². The SMILES string of the molecule is Cc1ccccc1C1C(=O)NC(=O)CC1C1CCC1. The molecule has 3 nitrogen and oxygen atoms in total. The van der Waals surface area contributed by atoms with Gasteiger partial charge in [-0.1, -0.05) is 43.5 Å². The highest BCUT2D eigenvalue weighted by atomic mass is 16.2. The quantitative estimate of drug-likeness (QED) is 0.828. The fourth-order valence-electron chi connectivity index (χ4n) is 3.41. The molecule has 1 aliphatic carbocycles. The molecule has 19 heavy (non-hydrogen) atoms. The molecule has 0 radical (unpaired) electrons. The molecule has 1 saturated heterocycles. The first kappa shape index (κ1) is 12.4. The van der Waals surface area contributed by atoms with Crippen LogP contribution in [0.2, 0.25) is 0 Å². The van der Waals surface area contributed by atoms with Crippen LogP contribution in [0.5, 0.6) is 0 Å². The number of hydrogen-bond acceptors (Lipinski definition) is 2. The van der Waals surface area contributed by atoms with E-state index in [1.165, 1.54) is 6.42 Å². The van der Waals surface area contributed by atoms with Crippen molar-refractivity contribution in [2.45, 2.75) is 38.5 Å². The van der Waals surface area contributed by atoms with Crippen LogP contribution in [-0.2, 0) is 9.59 Å². The summed E-state index contributed by atoms with van der Waals surface area (Å²) in [5.74, 6) is 0.370. The second-order valence-corrected chi connectivity index (χ2v) is 5.81. The number of amides is 2. The van der Waals surface area contributed by atoms with Crippen molar-refractivity contribution in [3.63, 3.8) is 0 Å². The summed E-state index contributed by atoms with van der Waals surface area (Å²) < 4.78 is 0. The smallest absolute Gasteiger partial charge is 0.234 e. The number of carbonyl (C=O) groups excluding carboxylic acids is 2. The zero-order chi connectivity index (χ0) is 13.4. The molecule has 2 unspecified atom stereocenters. The van der Waals surface area contributed by atoms with Crippen molar-refractivity contribution in [1.82, 2.24) is 5.32 Å². The lowest BCUT2D eigenvalue weighted by Gasteiger charge is -2.40. The molecule has 100 valence electrons. The van der Waals surface area contributed by atoms with E-state index < -0.39 is 0 Å². The largest absolute Gasteiger partial charge is 0.296 e. The fraction of sp³-hybridized carbons (Fsp3) is 0.500. The lowest BCUT2D eigenvalue weighted by Crippen LogP contribution is -2.47. The van der Waals surface area contributed by atoms with Gasteiger partial charge in [0.25, 0.3) is 0 Å². The highest BCUT2D eigenvalue weighted by Crippen LogP contribution is 2.44. The van der Waals surface area contributed by atoms with E-state index >= 15 is 0 Å². The highest BCUT2D eigenvalue weighted by molar-refractivity contribution is 6.01. The summed E-state index contributed by atoms with van der Waals surface area (Å²) in [6.07, 6.45) is 4.05. The summed E-state index contributed by atoms with van der Waals surface area (Å²) in [7, 11) is 0. The zero-order valence-corrected chi connectivity index (χ0v) is 11.2. The van der Waals surface area contributed by atoms with E-state index in [9.17, 15) is 9.59 Å². The number of nitrogens with one attached hydrogen (secondary N) is 1. The van der Waals surface area contributed by atoms with Crippen molar-refractivity contribution in [2.75, 3.05) is 0 Å². The van der Waals surface area contributed by atoms with Crippen molar-refractivity contribution in [3.05, 3.63) is 35.4 Å². The standard InChI is InChI=1S/C16H19NO2/c1-10-5-2-3-8-12(10)15-13(11-6-4-7-11)9-14(18)17-16(15)19/h2-3,5,8,11,13,15H,4,6-7,9H2,1H3,(H,17,18,19). The lowest BCUT2D eigenvalue weighted by atomic mass is 9.65. The number of carbonyl (C=O) groups is 2. The maximum absolute atomic E-state index is 12.3. The maximum Gasteiger partial charge on any atom is 0.234 e. The van der Waals surface area contributed by atoms with Crippen LogP contribution in [0.1, 0.15) is 42.7 Å². The Morgan fingerprint density at radius 1 is 1.16 bits per heavy atom. The predicted molar refractivity (Wildman–Crippen MR) is 72.5 cm³/mol. The third-order valence-corrected chi connectivity index (χ3v) is 4.67. The van der Waals surface area contributed by atoms with E-state index in [2.05, 4.69) is 5.32 Å². The van der Waals surface area contributed by atoms with E-state index in [0.717, 1.165) is 24.0 Å². The molecule has 2 aliphatic rings. The number of imide groups is 1. The molecule has 0 spiro atoms. The van der Waals surface area contributed by atoms with Gasteiger partial charge in [0, 0.05) is 6.42 Å². The number of rotatable bonds is 2. The molecular formula is C16H19NO2. The first-order valence-corrected chi connectivity index (χ1v) is 7.06. The summed E-state index contributed by atoms with van der Waals surface area (Å²) in [5.41, 5.74) is 2.23. The van der Waals surface area contributed by atoms with Crippen molar-refractivity contribution >= 4 is 11.8 Å². The summed E-state index contributed by atoms with van der Waals surface area (Å²) in [5, 5.41) is 2.51. The molecule has 0 aromatic heterocycles. The molecule has 1 aromatic carbocycles. The highest BCUT2D eigenvalue weighted by Gasteiger charge is 2.43.